The number of nitrogens with one attached hydrogen (secondary N) is 3. The fourth-order valence-corrected chi connectivity index (χ4v) is 8.28. The summed E-state index contributed by atoms with van der Waals surface area (Å²) in [6, 6.07) is 7.80. The molecule has 4 aliphatic rings. The number of ether oxygens (including phenoxy) is 1. The van der Waals surface area contributed by atoms with Crippen LogP contribution in [0, 0.1) is 11.3 Å². The van der Waals surface area contributed by atoms with E-state index < -0.39 is 6.17 Å². The van der Waals surface area contributed by atoms with Gasteiger partial charge < -0.3 is 19.9 Å². The van der Waals surface area contributed by atoms with Crippen molar-refractivity contribution in [3.63, 3.8) is 0 Å². The number of halogens is 1. The number of aromatic amines is 1. The standard InChI is InChI=1S/C36H47FN8O4/c1-36(22-49-2)13-9-28-30(17-36)41-42-33(28)35(48)39-25-18-38-45(20-25)31-12-14-43(21-29(31)37)19-23-10-15-44(16-11-23)26-5-3-24(4-6-26)27-7-8-32(46)40-34(27)47/h3-6,18,20,23,27,29,31H,7-17,19,21-22H2,1-2H3,(H,39,48)(H,41,42)(H,40,46,47)/t27?,29-,31-,36-/m0/s1. The number of fused-ring (bicyclic) bond motifs is 1. The molecule has 3 N–H and O–H groups in total. The van der Waals surface area contributed by atoms with Crippen molar-refractivity contribution in [1.82, 2.24) is 30.2 Å². The summed E-state index contributed by atoms with van der Waals surface area (Å²) in [5.74, 6) is -0.449. The van der Waals surface area contributed by atoms with Crippen LogP contribution in [0.1, 0.15) is 84.7 Å². The molecule has 7 rings (SSSR count). The van der Waals surface area contributed by atoms with Crippen LogP contribution in [0.3, 0.4) is 0 Å². The Morgan fingerprint density at radius 1 is 1.10 bits per heavy atom. The van der Waals surface area contributed by atoms with Crippen molar-refractivity contribution in [2.45, 2.75) is 76.4 Å². The fraction of sp³-hybridized carbons (Fsp3) is 0.583. The highest BCUT2D eigenvalue weighted by Gasteiger charge is 2.35. The Labute approximate surface area is 286 Å². The van der Waals surface area contributed by atoms with Crippen LogP contribution in [-0.4, -0.2) is 95.2 Å². The van der Waals surface area contributed by atoms with Gasteiger partial charge in [0, 0.05) is 69.4 Å². The molecule has 3 saturated heterocycles. The van der Waals surface area contributed by atoms with E-state index in [0.29, 0.717) is 49.7 Å². The van der Waals surface area contributed by atoms with Crippen LogP contribution in [0.5, 0.6) is 0 Å². The summed E-state index contributed by atoms with van der Waals surface area (Å²) in [7, 11) is 1.71. The Kier molecular flexibility index (Phi) is 9.56. The largest absolute Gasteiger partial charge is 0.384 e. The zero-order chi connectivity index (χ0) is 34.1. The molecule has 1 aromatic carbocycles. The number of likely N-dealkylation sites (tertiary alicyclic amines) is 1. The van der Waals surface area contributed by atoms with Gasteiger partial charge in [-0.1, -0.05) is 19.1 Å². The first kappa shape index (κ1) is 33.4. The maximum atomic E-state index is 15.6. The topological polar surface area (TPSA) is 137 Å². The number of hydrogen-bond donors (Lipinski definition) is 3. The lowest BCUT2D eigenvalue weighted by molar-refractivity contribution is -0.134. The van der Waals surface area contributed by atoms with Crippen molar-refractivity contribution in [2.24, 2.45) is 11.3 Å². The Morgan fingerprint density at radius 3 is 2.63 bits per heavy atom. The van der Waals surface area contributed by atoms with E-state index in [-0.39, 0.29) is 35.1 Å². The van der Waals surface area contributed by atoms with Gasteiger partial charge >= 0.3 is 0 Å². The Morgan fingerprint density at radius 2 is 1.90 bits per heavy atom. The lowest BCUT2D eigenvalue weighted by Crippen LogP contribution is -2.46. The molecule has 0 bridgehead atoms. The molecule has 12 nitrogen and oxygen atoms in total. The van der Waals surface area contributed by atoms with Crippen LogP contribution in [0.2, 0.25) is 0 Å². The van der Waals surface area contributed by atoms with Gasteiger partial charge in [-0.15, -0.1) is 0 Å². The third-order valence-corrected chi connectivity index (χ3v) is 11.1. The molecule has 49 heavy (non-hydrogen) atoms. The summed E-state index contributed by atoms with van der Waals surface area (Å²) < 4.78 is 22.6. The van der Waals surface area contributed by atoms with Gasteiger partial charge in [0.1, 0.15) is 6.17 Å². The number of imide groups is 1. The first-order chi connectivity index (χ1) is 23.7. The highest BCUT2D eigenvalue weighted by atomic mass is 19.1. The second-order valence-electron chi connectivity index (χ2n) is 14.8. The predicted octanol–water partition coefficient (Wildman–Crippen LogP) is 4.02. The molecular formula is C36H47FN8O4. The van der Waals surface area contributed by atoms with Crippen LogP contribution in [-0.2, 0) is 27.2 Å². The van der Waals surface area contributed by atoms with E-state index >= 15 is 4.39 Å². The average molecular weight is 675 g/mol. The number of benzene rings is 1. The first-order valence-corrected chi connectivity index (χ1v) is 17.6. The molecule has 3 fully saturated rings. The minimum atomic E-state index is -1.06. The molecule has 3 aromatic rings. The molecule has 13 heteroatoms. The summed E-state index contributed by atoms with van der Waals surface area (Å²) in [6.07, 6.45) is 8.39. The summed E-state index contributed by atoms with van der Waals surface area (Å²) in [4.78, 5) is 41.5. The van der Waals surface area contributed by atoms with Gasteiger partial charge in [0.2, 0.25) is 11.8 Å². The molecule has 4 atom stereocenters. The van der Waals surface area contributed by atoms with Crippen LogP contribution in [0.15, 0.2) is 36.7 Å². The van der Waals surface area contributed by atoms with Gasteiger partial charge in [0.25, 0.3) is 5.91 Å². The number of nitrogens with zero attached hydrogens (tertiary/aromatic N) is 5. The van der Waals surface area contributed by atoms with Crippen LogP contribution >= 0.6 is 0 Å². The van der Waals surface area contributed by atoms with Crippen LogP contribution in [0.25, 0.3) is 0 Å². The van der Waals surface area contributed by atoms with E-state index in [2.05, 4.69) is 54.8 Å². The minimum absolute atomic E-state index is 0.0241. The van der Waals surface area contributed by atoms with E-state index in [1.807, 2.05) is 12.1 Å². The lowest BCUT2D eigenvalue weighted by atomic mass is 9.75. The van der Waals surface area contributed by atoms with E-state index in [1.54, 1.807) is 24.2 Å². The predicted molar refractivity (Wildman–Crippen MR) is 182 cm³/mol. The van der Waals surface area contributed by atoms with Gasteiger partial charge in [0.05, 0.1) is 30.5 Å². The molecule has 2 aromatic heterocycles. The maximum absolute atomic E-state index is 15.6. The Hall–Kier alpha value is -4.10. The molecule has 1 unspecified atom stereocenters. The van der Waals surface area contributed by atoms with Crippen molar-refractivity contribution < 1.29 is 23.5 Å². The third-order valence-electron chi connectivity index (χ3n) is 11.1. The van der Waals surface area contributed by atoms with E-state index in [1.165, 1.54) is 0 Å². The van der Waals surface area contributed by atoms with Crippen LogP contribution < -0.4 is 15.5 Å². The average Bonchev–Trinajstić information content (AvgIpc) is 3.72. The van der Waals surface area contributed by atoms with Crippen molar-refractivity contribution in [3.05, 3.63) is 59.2 Å². The van der Waals surface area contributed by atoms with Crippen molar-refractivity contribution in [3.8, 4) is 0 Å². The second kappa shape index (κ2) is 14.0. The number of carbonyl (C=O) groups is 3. The number of H-pyrrole nitrogens is 1. The third kappa shape index (κ3) is 7.28. The number of carbonyl (C=O) groups excluding carboxylic acids is 3. The number of hydrogen-bond acceptors (Lipinski definition) is 8. The van der Waals surface area contributed by atoms with E-state index in [9.17, 15) is 14.4 Å². The molecule has 0 saturated carbocycles. The number of amides is 3. The molecule has 262 valence electrons. The molecule has 3 amide bonds. The normalized spacial score (nSPS) is 26.8. The molecule has 1 aliphatic carbocycles. The molecule has 0 spiro atoms. The monoisotopic (exact) mass is 674 g/mol. The number of piperidine rings is 3. The summed E-state index contributed by atoms with van der Waals surface area (Å²) in [6.45, 7) is 6.78. The Bertz CT molecular complexity index is 1660. The fourth-order valence-electron chi connectivity index (χ4n) is 8.28. The highest BCUT2D eigenvalue weighted by Crippen LogP contribution is 2.36. The SMILES string of the molecule is COC[C@@]1(C)CCc2c(C(=O)Nc3cnn([C@H]4CCN(CC5CCN(c6ccc(C7CCC(=O)NC7=O)cc6)CC5)C[C@@H]4F)c3)n[nH]c2C1. The zero-order valence-electron chi connectivity index (χ0n) is 28.4. The number of methoxy groups -OCH3 is 1. The molecule has 0 radical (unpaired) electrons. The van der Waals surface area contributed by atoms with Crippen molar-refractivity contribution >= 4 is 29.1 Å². The summed E-state index contributed by atoms with van der Waals surface area (Å²) in [5, 5.41) is 17.2. The molecular weight excluding hydrogens is 627 g/mol. The van der Waals surface area contributed by atoms with E-state index in [0.717, 1.165) is 80.8 Å². The van der Waals surface area contributed by atoms with Crippen molar-refractivity contribution in [2.75, 3.05) is 56.7 Å². The van der Waals surface area contributed by atoms with Gasteiger partial charge in [-0.2, -0.15) is 10.2 Å². The van der Waals surface area contributed by atoms with E-state index in [4.69, 9.17) is 4.74 Å². The smallest absolute Gasteiger partial charge is 0.276 e. The zero-order valence-corrected chi connectivity index (χ0v) is 28.4. The quantitative estimate of drug-likeness (QED) is 0.290. The second-order valence-corrected chi connectivity index (χ2v) is 14.8. The van der Waals surface area contributed by atoms with Crippen LogP contribution in [0.4, 0.5) is 15.8 Å². The van der Waals surface area contributed by atoms with Gasteiger partial charge in [-0.3, -0.25) is 29.5 Å². The number of rotatable bonds is 9. The Balaban J connectivity index is 0.866. The van der Waals surface area contributed by atoms with Gasteiger partial charge in [-0.25, -0.2) is 4.39 Å². The van der Waals surface area contributed by atoms with Gasteiger partial charge in [0.15, 0.2) is 5.69 Å². The summed E-state index contributed by atoms with van der Waals surface area (Å²) >= 11 is 0. The van der Waals surface area contributed by atoms with Crippen molar-refractivity contribution in [1.29, 1.82) is 0 Å². The number of aromatic nitrogens is 4. The minimum Gasteiger partial charge on any atom is -0.384 e. The van der Waals surface area contributed by atoms with Gasteiger partial charge in [-0.05, 0) is 74.0 Å². The number of anilines is 2. The summed E-state index contributed by atoms with van der Waals surface area (Å²) in [5.41, 5.74) is 5.01. The maximum Gasteiger partial charge on any atom is 0.276 e. The first-order valence-electron chi connectivity index (χ1n) is 17.6. The highest BCUT2D eigenvalue weighted by molar-refractivity contribution is 6.04. The molecule has 5 heterocycles. The lowest BCUT2D eigenvalue weighted by Gasteiger charge is -2.39. The number of alkyl halides is 1. The molecule has 3 aliphatic heterocycles.